The molecule has 0 N–H and O–H groups in total. The molecule has 0 aliphatic heterocycles. The van der Waals surface area contributed by atoms with Gasteiger partial charge in [-0.05, 0) is 62.1 Å². The van der Waals surface area contributed by atoms with Gasteiger partial charge in [-0.3, -0.25) is 0 Å². The second-order valence-corrected chi connectivity index (χ2v) is 8.41. The van der Waals surface area contributed by atoms with E-state index in [1.165, 1.54) is 89.0 Å². The lowest BCUT2D eigenvalue weighted by atomic mass is 9.84. The summed E-state index contributed by atoms with van der Waals surface area (Å²) in [6.07, 6.45) is 21.4. The van der Waals surface area contributed by atoms with Gasteiger partial charge in [-0.1, -0.05) is 89.0 Å². The Kier molecular flexibility index (Phi) is 11.3. The Bertz CT molecular complexity index is 514. The maximum atomic E-state index is 5.76. The van der Waals surface area contributed by atoms with Gasteiger partial charge in [-0.2, -0.15) is 0 Å². The fraction of sp³-hybridized carbons (Fsp3) is 0.692. The van der Waals surface area contributed by atoms with Gasteiger partial charge in [0.2, 0.25) is 0 Å². The van der Waals surface area contributed by atoms with Crippen molar-refractivity contribution < 1.29 is 4.74 Å². The Labute approximate surface area is 168 Å². The molecule has 0 aromatic heterocycles. The topological polar surface area (TPSA) is 9.23 Å². The molecule has 27 heavy (non-hydrogen) atoms. The van der Waals surface area contributed by atoms with Crippen molar-refractivity contribution in [2.24, 2.45) is 5.92 Å². The first-order valence-electron chi connectivity index (χ1n) is 11.7. The molecule has 0 heterocycles. The van der Waals surface area contributed by atoms with Crippen LogP contribution in [0.2, 0.25) is 0 Å². The predicted molar refractivity (Wildman–Crippen MR) is 119 cm³/mol. The second kappa shape index (κ2) is 13.9. The summed E-state index contributed by atoms with van der Waals surface area (Å²) in [6, 6.07) is 8.76. The first kappa shape index (κ1) is 22.1. The van der Waals surface area contributed by atoms with Crippen LogP contribution in [0.5, 0.6) is 5.75 Å². The molecule has 1 nitrogen and oxygen atoms in total. The highest BCUT2D eigenvalue weighted by Crippen LogP contribution is 2.30. The third-order valence-corrected chi connectivity index (χ3v) is 6.00. The van der Waals surface area contributed by atoms with Crippen LogP contribution in [0.25, 0.3) is 0 Å². The van der Waals surface area contributed by atoms with Crippen LogP contribution in [-0.4, -0.2) is 6.61 Å². The highest BCUT2D eigenvalue weighted by Gasteiger charge is 2.14. The number of unbranched alkanes of at least 4 members (excludes halogenated alkanes) is 6. The Morgan fingerprint density at radius 2 is 1.59 bits per heavy atom. The summed E-state index contributed by atoms with van der Waals surface area (Å²) < 4.78 is 5.76. The summed E-state index contributed by atoms with van der Waals surface area (Å²) >= 11 is 0. The number of benzene rings is 1. The SMILES string of the molecule is CCCCCCCCC1CC=C(CCc2ccc(OCCCC)cc2)CC1. The zero-order valence-electron chi connectivity index (χ0n) is 18.0. The fourth-order valence-corrected chi connectivity index (χ4v) is 4.04. The van der Waals surface area contributed by atoms with Gasteiger partial charge in [0.15, 0.2) is 0 Å². The van der Waals surface area contributed by atoms with Crippen LogP contribution < -0.4 is 4.74 Å². The average Bonchev–Trinajstić information content (AvgIpc) is 2.71. The molecule has 1 atom stereocenters. The van der Waals surface area contributed by atoms with Crippen molar-refractivity contribution in [1.29, 1.82) is 0 Å². The summed E-state index contributed by atoms with van der Waals surface area (Å²) in [4.78, 5) is 0. The van der Waals surface area contributed by atoms with Crippen LogP contribution in [0.3, 0.4) is 0 Å². The Hall–Kier alpha value is -1.24. The molecule has 2 rings (SSSR count). The summed E-state index contributed by atoms with van der Waals surface area (Å²) in [5.41, 5.74) is 3.13. The highest BCUT2D eigenvalue weighted by molar-refractivity contribution is 5.28. The van der Waals surface area contributed by atoms with E-state index >= 15 is 0 Å². The van der Waals surface area contributed by atoms with E-state index in [9.17, 15) is 0 Å². The molecule has 0 fully saturated rings. The average molecular weight is 371 g/mol. The maximum absolute atomic E-state index is 5.76. The number of ether oxygens (including phenoxy) is 1. The fourth-order valence-electron chi connectivity index (χ4n) is 4.04. The minimum Gasteiger partial charge on any atom is -0.494 e. The van der Waals surface area contributed by atoms with Crippen molar-refractivity contribution in [1.82, 2.24) is 0 Å². The molecular formula is C26H42O. The van der Waals surface area contributed by atoms with Crippen LogP contribution in [0, 0.1) is 5.92 Å². The molecule has 0 spiro atoms. The first-order chi connectivity index (χ1) is 13.3. The predicted octanol–water partition coefficient (Wildman–Crippen LogP) is 8.28. The van der Waals surface area contributed by atoms with Crippen molar-refractivity contribution >= 4 is 0 Å². The number of hydrogen-bond donors (Lipinski definition) is 0. The summed E-state index contributed by atoms with van der Waals surface area (Å²) in [5.74, 6) is 1.97. The smallest absolute Gasteiger partial charge is 0.119 e. The lowest BCUT2D eigenvalue weighted by molar-refractivity contribution is 0.309. The molecule has 0 bridgehead atoms. The van der Waals surface area contributed by atoms with Crippen molar-refractivity contribution in [3.63, 3.8) is 0 Å². The third kappa shape index (κ3) is 9.49. The molecule has 152 valence electrons. The van der Waals surface area contributed by atoms with E-state index in [1.807, 2.05) is 0 Å². The molecule has 1 aliphatic rings. The van der Waals surface area contributed by atoms with Crippen molar-refractivity contribution in [3.05, 3.63) is 41.5 Å². The van der Waals surface area contributed by atoms with E-state index in [4.69, 9.17) is 4.74 Å². The number of allylic oxidation sites excluding steroid dienone is 2. The quantitative estimate of drug-likeness (QED) is 0.236. The van der Waals surface area contributed by atoms with Gasteiger partial charge in [0.1, 0.15) is 5.75 Å². The standard InChI is InChI=1S/C26H42O/c1-3-5-7-8-9-10-11-23-12-14-24(15-13-23)16-17-25-18-20-26(21-19-25)27-22-6-4-2/h14,18-21,23H,3-13,15-17,22H2,1-2H3. The van der Waals surface area contributed by atoms with Gasteiger partial charge in [0.05, 0.1) is 6.61 Å². The summed E-state index contributed by atoms with van der Waals surface area (Å²) in [5, 5.41) is 0. The molecule has 1 heteroatoms. The van der Waals surface area contributed by atoms with Crippen molar-refractivity contribution in [2.45, 2.75) is 104 Å². The number of hydrogen-bond acceptors (Lipinski definition) is 1. The normalized spacial score (nSPS) is 17.0. The molecule has 1 aliphatic carbocycles. The summed E-state index contributed by atoms with van der Waals surface area (Å²) in [6.45, 7) is 5.33. The van der Waals surface area contributed by atoms with Crippen LogP contribution in [0.15, 0.2) is 35.9 Å². The van der Waals surface area contributed by atoms with Gasteiger partial charge in [-0.25, -0.2) is 0 Å². The zero-order valence-corrected chi connectivity index (χ0v) is 18.0. The van der Waals surface area contributed by atoms with E-state index in [0.29, 0.717) is 0 Å². The van der Waals surface area contributed by atoms with Gasteiger partial charge in [-0.15, -0.1) is 0 Å². The van der Waals surface area contributed by atoms with Crippen molar-refractivity contribution in [2.75, 3.05) is 6.61 Å². The Morgan fingerprint density at radius 1 is 0.852 bits per heavy atom. The lowest BCUT2D eigenvalue weighted by Crippen LogP contribution is -2.06. The van der Waals surface area contributed by atoms with Crippen LogP contribution in [0.1, 0.15) is 103 Å². The molecule has 1 unspecified atom stereocenters. The number of aryl methyl sites for hydroxylation is 1. The van der Waals surface area contributed by atoms with Gasteiger partial charge in [0, 0.05) is 0 Å². The van der Waals surface area contributed by atoms with Gasteiger partial charge >= 0.3 is 0 Å². The van der Waals surface area contributed by atoms with E-state index in [1.54, 1.807) is 5.57 Å². The first-order valence-corrected chi connectivity index (χ1v) is 11.7. The van der Waals surface area contributed by atoms with Crippen LogP contribution >= 0.6 is 0 Å². The molecule has 0 saturated heterocycles. The Morgan fingerprint density at radius 3 is 2.30 bits per heavy atom. The lowest BCUT2D eigenvalue weighted by Gasteiger charge is -2.22. The molecule has 0 radical (unpaired) electrons. The van der Waals surface area contributed by atoms with Gasteiger partial charge < -0.3 is 4.74 Å². The summed E-state index contributed by atoms with van der Waals surface area (Å²) in [7, 11) is 0. The zero-order chi connectivity index (χ0) is 19.2. The molecule has 1 aromatic rings. The van der Waals surface area contributed by atoms with E-state index in [0.717, 1.165) is 24.7 Å². The Balaban J connectivity index is 1.59. The van der Waals surface area contributed by atoms with E-state index in [-0.39, 0.29) is 0 Å². The molecule has 1 aromatic carbocycles. The van der Waals surface area contributed by atoms with E-state index < -0.39 is 0 Å². The van der Waals surface area contributed by atoms with E-state index in [2.05, 4.69) is 44.2 Å². The largest absolute Gasteiger partial charge is 0.494 e. The van der Waals surface area contributed by atoms with Crippen LogP contribution in [-0.2, 0) is 6.42 Å². The minimum absolute atomic E-state index is 0.836. The molecule has 0 amide bonds. The van der Waals surface area contributed by atoms with Crippen LogP contribution in [0.4, 0.5) is 0 Å². The molecule has 0 saturated carbocycles. The third-order valence-electron chi connectivity index (χ3n) is 6.00. The monoisotopic (exact) mass is 370 g/mol. The highest BCUT2D eigenvalue weighted by atomic mass is 16.5. The minimum atomic E-state index is 0.836. The van der Waals surface area contributed by atoms with Crippen molar-refractivity contribution in [3.8, 4) is 5.75 Å². The number of rotatable bonds is 14. The molecular weight excluding hydrogens is 328 g/mol. The van der Waals surface area contributed by atoms with Gasteiger partial charge in [0.25, 0.3) is 0 Å². The maximum Gasteiger partial charge on any atom is 0.119 e. The second-order valence-electron chi connectivity index (χ2n) is 8.41.